The number of rotatable bonds is 5. The molecule has 1 N–H and O–H groups in total. The monoisotopic (exact) mass is 424 g/mol. The third kappa shape index (κ3) is 4.39. The van der Waals surface area contributed by atoms with Crippen molar-refractivity contribution >= 4 is 27.5 Å². The number of nitrogens with one attached hydrogen (secondary N) is 1. The minimum Gasteiger partial charge on any atom is -0.489 e. The number of carbonyl (C=O) groups is 1. The number of ether oxygens (including phenoxy) is 1. The molecule has 0 fully saturated rings. The van der Waals surface area contributed by atoms with E-state index in [1.807, 2.05) is 18.2 Å². The van der Waals surface area contributed by atoms with Crippen molar-refractivity contribution in [3.63, 3.8) is 0 Å². The van der Waals surface area contributed by atoms with Gasteiger partial charge in [0.1, 0.15) is 23.9 Å². The molecule has 1 heterocycles. The van der Waals surface area contributed by atoms with Gasteiger partial charge in [0.2, 0.25) is 0 Å². The maximum Gasteiger partial charge on any atom is 0.260 e. The fourth-order valence-corrected chi connectivity index (χ4v) is 3.21. The van der Waals surface area contributed by atoms with Crippen molar-refractivity contribution in [3.8, 4) is 11.8 Å². The Morgan fingerprint density at radius 3 is 2.67 bits per heavy atom. The summed E-state index contributed by atoms with van der Waals surface area (Å²) < 4.78 is 11.9. The number of amides is 1. The number of aryl methyl sites for hydroxylation is 2. The van der Waals surface area contributed by atoms with Crippen LogP contribution in [-0.2, 0) is 6.61 Å². The molecule has 3 rings (SSSR count). The molecule has 0 radical (unpaired) electrons. The van der Waals surface area contributed by atoms with Crippen LogP contribution in [0.3, 0.4) is 0 Å². The molecule has 0 unspecified atom stereocenters. The number of carbonyl (C=O) groups excluding carboxylic acids is 1. The molecule has 3 aromatic rings. The Kier molecular flexibility index (Phi) is 5.63. The van der Waals surface area contributed by atoms with Crippen LogP contribution < -0.4 is 10.1 Å². The lowest BCUT2D eigenvalue weighted by atomic mass is 10.1. The molecule has 6 heteroatoms. The number of hydrogen-bond donors (Lipinski definition) is 1. The number of nitrogens with zero attached hydrogens (tertiary/aromatic N) is 1. The van der Waals surface area contributed by atoms with Crippen LogP contribution >= 0.6 is 15.9 Å². The van der Waals surface area contributed by atoms with Crippen LogP contribution in [0.2, 0.25) is 0 Å². The normalized spacial score (nSPS) is 10.3. The summed E-state index contributed by atoms with van der Waals surface area (Å²) in [5.41, 5.74) is 2.59. The van der Waals surface area contributed by atoms with Gasteiger partial charge < -0.3 is 14.5 Å². The SMILES string of the molecule is Cc1oc(C)c(C(=O)Nc2cccc(OCc3cccc(C#N)c3)c2)c1Br. The smallest absolute Gasteiger partial charge is 0.260 e. The number of furan rings is 1. The molecule has 0 saturated carbocycles. The molecule has 27 heavy (non-hydrogen) atoms. The summed E-state index contributed by atoms with van der Waals surface area (Å²) >= 11 is 3.39. The van der Waals surface area contributed by atoms with Gasteiger partial charge in [0.25, 0.3) is 5.91 Å². The molecule has 5 nitrogen and oxygen atoms in total. The zero-order chi connectivity index (χ0) is 19.4. The Hall–Kier alpha value is -3.04. The molecule has 1 aromatic heterocycles. The highest BCUT2D eigenvalue weighted by Gasteiger charge is 2.20. The molecule has 0 atom stereocenters. The van der Waals surface area contributed by atoms with Crippen molar-refractivity contribution in [2.45, 2.75) is 20.5 Å². The summed E-state index contributed by atoms with van der Waals surface area (Å²) in [4.78, 5) is 12.6. The number of halogens is 1. The van der Waals surface area contributed by atoms with E-state index in [0.717, 1.165) is 5.56 Å². The van der Waals surface area contributed by atoms with Gasteiger partial charge in [0.15, 0.2) is 0 Å². The first kappa shape index (κ1) is 18.7. The molecular weight excluding hydrogens is 408 g/mol. The van der Waals surface area contributed by atoms with Crippen LogP contribution in [0.1, 0.15) is 33.0 Å². The van der Waals surface area contributed by atoms with E-state index in [1.165, 1.54) is 0 Å². The van der Waals surface area contributed by atoms with Crippen molar-refractivity contribution in [1.29, 1.82) is 5.26 Å². The average molecular weight is 425 g/mol. The van der Waals surface area contributed by atoms with E-state index in [4.69, 9.17) is 14.4 Å². The van der Waals surface area contributed by atoms with E-state index in [-0.39, 0.29) is 5.91 Å². The van der Waals surface area contributed by atoms with Crippen molar-refractivity contribution in [1.82, 2.24) is 0 Å². The predicted octanol–water partition coefficient (Wildman–Crippen LogP) is 5.36. The van der Waals surface area contributed by atoms with Gasteiger partial charge in [0, 0.05) is 11.8 Å². The average Bonchev–Trinajstić information content (AvgIpc) is 2.92. The van der Waals surface area contributed by atoms with Crippen LogP contribution in [0, 0.1) is 25.2 Å². The van der Waals surface area contributed by atoms with Crippen LogP contribution in [0.4, 0.5) is 5.69 Å². The van der Waals surface area contributed by atoms with E-state index in [1.54, 1.807) is 44.2 Å². The Balaban J connectivity index is 1.70. The van der Waals surface area contributed by atoms with Gasteiger partial charge in [-0.1, -0.05) is 18.2 Å². The summed E-state index contributed by atoms with van der Waals surface area (Å²) in [7, 11) is 0. The maximum absolute atomic E-state index is 12.6. The standard InChI is InChI=1S/C21H17BrN2O3/c1-13-19(20(22)14(2)27-13)21(25)24-17-7-4-8-18(10-17)26-12-16-6-3-5-15(9-16)11-23/h3-10H,12H2,1-2H3,(H,24,25). The first-order chi connectivity index (χ1) is 13.0. The third-order valence-electron chi connectivity index (χ3n) is 3.97. The quantitative estimate of drug-likeness (QED) is 0.597. The number of benzene rings is 2. The second kappa shape index (κ2) is 8.11. The second-order valence-corrected chi connectivity index (χ2v) is 6.78. The Bertz CT molecular complexity index is 1030. The Labute approximate surface area is 165 Å². The second-order valence-electron chi connectivity index (χ2n) is 5.99. The van der Waals surface area contributed by atoms with Gasteiger partial charge >= 0.3 is 0 Å². The lowest BCUT2D eigenvalue weighted by Crippen LogP contribution is -2.13. The summed E-state index contributed by atoms with van der Waals surface area (Å²) in [5.74, 6) is 1.58. The fourth-order valence-electron chi connectivity index (χ4n) is 2.67. The van der Waals surface area contributed by atoms with Crippen LogP contribution in [0.15, 0.2) is 57.4 Å². The van der Waals surface area contributed by atoms with E-state index in [2.05, 4.69) is 27.3 Å². The maximum atomic E-state index is 12.6. The molecule has 0 aliphatic heterocycles. The van der Waals surface area contributed by atoms with E-state index >= 15 is 0 Å². The Morgan fingerprint density at radius 2 is 1.96 bits per heavy atom. The third-order valence-corrected chi connectivity index (χ3v) is 4.92. The molecule has 0 bridgehead atoms. The van der Waals surface area contributed by atoms with Gasteiger partial charge in [-0.15, -0.1) is 0 Å². The first-order valence-corrected chi connectivity index (χ1v) is 9.06. The lowest BCUT2D eigenvalue weighted by molar-refractivity contribution is 0.102. The van der Waals surface area contributed by atoms with Crippen LogP contribution in [0.25, 0.3) is 0 Å². The number of hydrogen-bond acceptors (Lipinski definition) is 4. The highest BCUT2D eigenvalue weighted by molar-refractivity contribution is 9.10. The Morgan fingerprint density at radius 1 is 1.19 bits per heavy atom. The largest absolute Gasteiger partial charge is 0.489 e. The van der Waals surface area contributed by atoms with E-state index in [0.29, 0.717) is 45.2 Å². The van der Waals surface area contributed by atoms with Gasteiger partial charge in [-0.2, -0.15) is 5.26 Å². The zero-order valence-corrected chi connectivity index (χ0v) is 16.5. The molecular formula is C21H17BrN2O3. The summed E-state index contributed by atoms with van der Waals surface area (Å²) in [6.45, 7) is 3.88. The fraction of sp³-hybridized carbons (Fsp3) is 0.143. The number of anilines is 1. The summed E-state index contributed by atoms with van der Waals surface area (Å²) in [5, 5.41) is 11.8. The molecule has 2 aromatic carbocycles. The van der Waals surface area contributed by atoms with Gasteiger partial charge in [0.05, 0.1) is 21.7 Å². The van der Waals surface area contributed by atoms with Gasteiger partial charge in [-0.05, 0) is 59.6 Å². The molecule has 0 aliphatic rings. The van der Waals surface area contributed by atoms with Crippen molar-refractivity contribution in [2.24, 2.45) is 0 Å². The van der Waals surface area contributed by atoms with Crippen LogP contribution in [-0.4, -0.2) is 5.91 Å². The van der Waals surface area contributed by atoms with E-state index in [9.17, 15) is 4.79 Å². The van der Waals surface area contributed by atoms with Gasteiger partial charge in [-0.3, -0.25) is 4.79 Å². The summed E-state index contributed by atoms with van der Waals surface area (Å²) in [6.07, 6.45) is 0. The molecule has 0 saturated heterocycles. The molecule has 0 spiro atoms. The van der Waals surface area contributed by atoms with Crippen molar-refractivity contribution in [3.05, 3.63) is 81.2 Å². The minimum absolute atomic E-state index is 0.255. The van der Waals surface area contributed by atoms with Gasteiger partial charge in [-0.25, -0.2) is 0 Å². The predicted molar refractivity (Wildman–Crippen MR) is 106 cm³/mol. The molecule has 0 aliphatic carbocycles. The highest BCUT2D eigenvalue weighted by atomic mass is 79.9. The summed E-state index contributed by atoms with van der Waals surface area (Å²) in [6, 6.07) is 16.5. The molecule has 1 amide bonds. The van der Waals surface area contributed by atoms with Crippen molar-refractivity contribution in [2.75, 3.05) is 5.32 Å². The van der Waals surface area contributed by atoms with Crippen LogP contribution in [0.5, 0.6) is 5.75 Å². The first-order valence-electron chi connectivity index (χ1n) is 8.26. The van der Waals surface area contributed by atoms with Crippen molar-refractivity contribution < 1.29 is 13.9 Å². The molecule has 136 valence electrons. The topological polar surface area (TPSA) is 75.3 Å². The highest BCUT2D eigenvalue weighted by Crippen LogP contribution is 2.28. The lowest BCUT2D eigenvalue weighted by Gasteiger charge is -2.09. The number of nitriles is 1. The zero-order valence-electron chi connectivity index (χ0n) is 14.9. The van der Waals surface area contributed by atoms with E-state index < -0.39 is 0 Å². The minimum atomic E-state index is -0.255.